The molecular formula is C12H20N4O. The van der Waals surface area contributed by atoms with Gasteiger partial charge in [0.1, 0.15) is 12.1 Å². The summed E-state index contributed by atoms with van der Waals surface area (Å²) in [5.41, 5.74) is 1.00. The van der Waals surface area contributed by atoms with Crippen LogP contribution in [0, 0.1) is 0 Å². The molecule has 0 fully saturated rings. The minimum absolute atomic E-state index is 0.0585. The van der Waals surface area contributed by atoms with Gasteiger partial charge in [-0.05, 0) is 13.3 Å². The maximum Gasteiger partial charge on any atom is 0.241 e. The van der Waals surface area contributed by atoms with Gasteiger partial charge in [-0.2, -0.15) is 0 Å². The molecular weight excluding hydrogens is 216 g/mol. The molecule has 0 radical (unpaired) electrons. The molecule has 0 aromatic carbocycles. The van der Waals surface area contributed by atoms with E-state index in [2.05, 4.69) is 22.2 Å². The number of hydrogen-bond donors (Lipinski definition) is 1. The van der Waals surface area contributed by atoms with Crippen LogP contribution in [0.15, 0.2) is 12.4 Å². The third-order valence-electron chi connectivity index (χ3n) is 2.55. The summed E-state index contributed by atoms with van der Waals surface area (Å²) in [6, 6.07) is 1.89. The molecule has 0 aliphatic heterocycles. The van der Waals surface area contributed by atoms with Gasteiger partial charge in [-0.25, -0.2) is 9.97 Å². The molecule has 0 aliphatic rings. The third kappa shape index (κ3) is 4.38. The van der Waals surface area contributed by atoms with E-state index < -0.39 is 0 Å². The van der Waals surface area contributed by atoms with E-state index in [0.29, 0.717) is 12.4 Å². The third-order valence-corrected chi connectivity index (χ3v) is 2.55. The zero-order chi connectivity index (χ0) is 12.7. The minimum atomic E-state index is 0.0585. The molecule has 94 valence electrons. The Morgan fingerprint density at radius 2 is 2.18 bits per heavy atom. The Kier molecular flexibility index (Phi) is 5.39. The van der Waals surface area contributed by atoms with E-state index in [-0.39, 0.29) is 12.5 Å². The Bertz CT molecular complexity index is 367. The van der Waals surface area contributed by atoms with E-state index in [9.17, 15) is 4.79 Å². The van der Waals surface area contributed by atoms with Crippen molar-refractivity contribution < 1.29 is 4.79 Å². The largest absolute Gasteiger partial charge is 0.361 e. The zero-order valence-electron chi connectivity index (χ0n) is 10.7. The standard InChI is InChI=1S/C12H20N4O/c1-4-6-10-7-11(15-9-14-10)13-8-12(17)16(3)5-2/h7,9H,4-6,8H2,1-3H3,(H,13,14,15). The first-order chi connectivity index (χ1) is 8.17. The molecule has 0 spiro atoms. The molecule has 0 atom stereocenters. The Morgan fingerprint density at radius 1 is 1.41 bits per heavy atom. The molecule has 1 amide bonds. The zero-order valence-corrected chi connectivity index (χ0v) is 10.7. The Balaban J connectivity index is 2.51. The summed E-state index contributed by atoms with van der Waals surface area (Å²) in [6.07, 6.45) is 3.51. The summed E-state index contributed by atoms with van der Waals surface area (Å²) >= 11 is 0. The number of nitrogens with one attached hydrogen (secondary N) is 1. The van der Waals surface area contributed by atoms with E-state index in [0.717, 1.165) is 18.5 Å². The summed E-state index contributed by atoms with van der Waals surface area (Å²) in [4.78, 5) is 21.5. The lowest BCUT2D eigenvalue weighted by Crippen LogP contribution is -2.32. The molecule has 0 unspecified atom stereocenters. The quantitative estimate of drug-likeness (QED) is 0.809. The van der Waals surface area contributed by atoms with Gasteiger partial charge in [-0.1, -0.05) is 13.3 Å². The van der Waals surface area contributed by atoms with Crippen molar-refractivity contribution in [2.45, 2.75) is 26.7 Å². The van der Waals surface area contributed by atoms with Crippen LogP contribution in [0.1, 0.15) is 26.0 Å². The lowest BCUT2D eigenvalue weighted by atomic mass is 10.2. The average Bonchev–Trinajstić information content (AvgIpc) is 2.36. The van der Waals surface area contributed by atoms with Crippen LogP contribution in [0.25, 0.3) is 0 Å². The van der Waals surface area contributed by atoms with Gasteiger partial charge in [0.05, 0.1) is 6.54 Å². The predicted molar refractivity (Wildman–Crippen MR) is 67.8 cm³/mol. The minimum Gasteiger partial charge on any atom is -0.361 e. The fraction of sp³-hybridized carbons (Fsp3) is 0.583. The van der Waals surface area contributed by atoms with Crippen molar-refractivity contribution in [3.8, 4) is 0 Å². The highest BCUT2D eigenvalue weighted by molar-refractivity contribution is 5.80. The molecule has 0 saturated carbocycles. The molecule has 0 bridgehead atoms. The first-order valence-electron chi connectivity index (χ1n) is 5.96. The van der Waals surface area contributed by atoms with Crippen molar-refractivity contribution in [1.29, 1.82) is 0 Å². The summed E-state index contributed by atoms with van der Waals surface area (Å²) in [6.45, 7) is 5.04. The van der Waals surface area contributed by atoms with E-state index >= 15 is 0 Å². The lowest BCUT2D eigenvalue weighted by Gasteiger charge is -2.14. The van der Waals surface area contributed by atoms with Crippen LogP contribution in [0.2, 0.25) is 0 Å². The molecule has 0 aliphatic carbocycles. The molecule has 1 aromatic rings. The van der Waals surface area contributed by atoms with E-state index in [1.165, 1.54) is 6.33 Å². The first-order valence-corrected chi connectivity index (χ1v) is 5.96. The summed E-state index contributed by atoms with van der Waals surface area (Å²) in [7, 11) is 1.78. The number of anilines is 1. The number of aromatic nitrogens is 2. The molecule has 1 rings (SSSR count). The highest BCUT2D eigenvalue weighted by Gasteiger charge is 2.06. The van der Waals surface area contributed by atoms with E-state index in [1.807, 2.05) is 13.0 Å². The van der Waals surface area contributed by atoms with Crippen molar-refractivity contribution in [1.82, 2.24) is 14.9 Å². The molecule has 5 heteroatoms. The summed E-state index contributed by atoms with van der Waals surface area (Å²) in [5, 5.41) is 3.02. The normalized spacial score (nSPS) is 10.1. The van der Waals surface area contributed by atoms with E-state index in [4.69, 9.17) is 0 Å². The number of likely N-dealkylation sites (N-methyl/N-ethyl adjacent to an activating group) is 1. The van der Waals surface area contributed by atoms with Crippen LogP contribution >= 0.6 is 0 Å². The van der Waals surface area contributed by atoms with E-state index in [1.54, 1.807) is 11.9 Å². The van der Waals surface area contributed by atoms with Gasteiger partial charge >= 0.3 is 0 Å². The maximum atomic E-state index is 11.6. The second-order valence-electron chi connectivity index (χ2n) is 3.91. The van der Waals surface area contributed by atoms with Crippen molar-refractivity contribution in [2.75, 3.05) is 25.5 Å². The Morgan fingerprint density at radius 3 is 2.82 bits per heavy atom. The Hall–Kier alpha value is -1.65. The number of hydrogen-bond acceptors (Lipinski definition) is 4. The van der Waals surface area contributed by atoms with Gasteiger partial charge in [0.2, 0.25) is 5.91 Å². The molecule has 1 N–H and O–H groups in total. The fourth-order valence-electron chi connectivity index (χ4n) is 1.36. The lowest BCUT2D eigenvalue weighted by molar-refractivity contribution is -0.127. The van der Waals surface area contributed by atoms with Gasteiger partial charge in [-0.3, -0.25) is 4.79 Å². The van der Waals surface area contributed by atoms with Crippen molar-refractivity contribution >= 4 is 11.7 Å². The second kappa shape index (κ2) is 6.83. The van der Waals surface area contributed by atoms with Crippen LogP contribution in [0.4, 0.5) is 5.82 Å². The summed E-state index contributed by atoms with van der Waals surface area (Å²) in [5.74, 6) is 0.768. The molecule has 1 heterocycles. The van der Waals surface area contributed by atoms with Crippen LogP contribution in [0.3, 0.4) is 0 Å². The molecule has 1 aromatic heterocycles. The highest BCUT2D eigenvalue weighted by atomic mass is 16.2. The maximum absolute atomic E-state index is 11.6. The average molecular weight is 236 g/mol. The fourth-order valence-corrected chi connectivity index (χ4v) is 1.36. The number of carbonyl (C=O) groups excluding carboxylic acids is 1. The van der Waals surface area contributed by atoms with Crippen molar-refractivity contribution in [3.63, 3.8) is 0 Å². The van der Waals surface area contributed by atoms with Gasteiger partial charge in [0.15, 0.2) is 0 Å². The van der Waals surface area contributed by atoms with Crippen LogP contribution in [-0.2, 0) is 11.2 Å². The van der Waals surface area contributed by atoms with Gasteiger partial charge in [0, 0.05) is 25.4 Å². The smallest absolute Gasteiger partial charge is 0.241 e. The molecule has 0 saturated heterocycles. The number of nitrogens with zero attached hydrogens (tertiary/aromatic N) is 3. The van der Waals surface area contributed by atoms with Crippen molar-refractivity contribution in [2.24, 2.45) is 0 Å². The number of aryl methyl sites for hydroxylation is 1. The number of rotatable bonds is 6. The van der Waals surface area contributed by atoms with Gasteiger partial charge in [-0.15, -0.1) is 0 Å². The SMILES string of the molecule is CCCc1cc(NCC(=O)N(C)CC)ncn1. The van der Waals surface area contributed by atoms with Gasteiger partial charge in [0.25, 0.3) is 0 Å². The molecule has 17 heavy (non-hydrogen) atoms. The molecule has 5 nitrogen and oxygen atoms in total. The summed E-state index contributed by atoms with van der Waals surface area (Å²) < 4.78 is 0. The van der Waals surface area contributed by atoms with Crippen LogP contribution < -0.4 is 5.32 Å². The monoisotopic (exact) mass is 236 g/mol. The van der Waals surface area contributed by atoms with Gasteiger partial charge < -0.3 is 10.2 Å². The predicted octanol–water partition coefficient (Wildman–Crippen LogP) is 1.32. The highest BCUT2D eigenvalue weighted by Crippen LogP contribution is 2.05. The van der Waals surface area contributed by atoms with Crippen LogP contribution in [-0.4, -0.2) is 40.9 Å². The van der Waals surface area contributed by atoms with Crippen molar-refractivity contribution in [3.05, 3.63) is 18.1 Å². The van der Waals surface area contributed by atoms with Crippen LogP contribution in [0.5, 0.6) is 0 Å². The number of carbonyl (C=O) groups is 1. The second-order valence-corrected chi connectivity index (χ2v) is 3.91. The number of amides is 1. The Labute approximate surface area is 102 Å². The topological polar surface area (TPSA) is 58.1 Å². The first kappa shape index (κ1) is 13.4.